The van der Waals surface area contributed by atoms with E-state index in [9.17, 15) is 9.59 Å². The monoisotopic (exact) mass is 472 g/mol. The number of carbonyl (C=O) groups is 2. The van der Waals surface area contributed by atoms with Crippen LogP contribution in [0.5, 0.6) is 0 Å². The smallest absolute Gasteiger partial charge is 0.253 e. The van der Waals surface area contributed by atoms with Gasteiger partial charge in [-0.2, -0.15) is 4.98 Å². The van der Waals surface area contributed by atoms with Crippen LogP contribution in [-0.4, -0.2) is 31.5 Å². The molecule has 2 aromatic carbocycles. The van der Waals surface area contributed by atoms with Crippen molar-refractivity contribution in [2.24, 2.45) is 7.05 Å². The molecule has 2 amide bonds. The highest BCUT2D eigenvalue weighted by Crippen LogP contribution is 2.29. The number of hydrogen-bond acceptors (Lipinski definition) is 4. The molecule has 5 aromatic rings. The zero-order chi connectivity index (χ0) is 23.8. The highest BCUT2D eigenvalue weighted by atomic mass is 35.5. The third kappa shape index (κ3) is 3.99. The number of carbonyl (C=O) groups excluding carboxylic acids is 2. The number of benzene rings is 2. The van der Waals surface area contributed by atoms with Crippen LogP contribution in [0.3, 0.4) is 0 Å². The van der Waals surface area contributed by atoms with Gasteiger partial charge in [0.1, 0.15) is 0 Å². The summed E-state index contributed by atoms with van der Waals surface area (Å²) < 4.78 is 3.53. The van der Waals surface area contributed by atoms with Crippen molar-refractivity contribution >= 4 is 46.4 Å². The third-order valence-electron chi connectivity index (χ3n) is 5.79. The van der Waals surface area contributed by atoms with Gasteiger partial charge in [-0.05, 0) is 60.0 Å². The van der Waals surface area contributed by atoms with Crippen molar-refractivity contribution in [1.82, 2.24) is 24.5 Å². The van der Waals surface area contributed by atoms with E-state index >= 15 is 0 Å². The molecule has 1 atom stereocenters. The summed E-state index contributed by atoms with van der Waals surface area (Å²) in [4.78, 5) is 28.2. The lowest BCUT2D eigenvalue weighted by Gasteiger charge is -2.14. The maximum absolute atomic E-state index is 13.2. The maximum Gasteiger partial charge on any atom is 0.253 e. The fraction of sp³-hybridized carbons (Fsp3) is 0.120. The zero-order valence-corrected chi connectivity index (χ0v) is 19.2. The summed E-state index contributed by atoms with van der Waals surface area (Å²) in [5, 5.41) is 11.2. The lowest BCUT2D eigenvalue weighted by atomic mass is 10.0. The van der Waals surface area contributed by atoms with Crippen LogP contribution in [0.4, 0.5) is 5.95 Å². The molecule has 0 aliphatic heterocycles. The van der Waals surface area contributed by atoms with Gasteiger partial charge in [-0.15, -0.1) is 5.10 Å². The average Bonchev–Trinajstić information content (AvgIpc) is 3.38. The maximum atomic E-state index is 13.2. The Balaban J connectivity index is 1.49. The van der Waals surface area contributed by atoms with Crippen molar-refractivity contribution in [2.75, 3.05) is 5.32 Å². The molecule has 5 rings (SSSR count). The topological polar surface area (TPSA) is 93.3 Å². The minimum Gasteiger partial charge on any atom is -0.350 e. The third-order valence-corrected chi connectivity index (χ3v) is 6.02. The fourth-order valence-electron chi connectivity index (χ4n) is 4.06. The van der Waals surface area contributed by atoms with Gasteiger partial charge < -0.3 is 9.88 Å². The van der Waals surface area contributed by atoms with Crippen LogP contribution in [0.2, 0.25) is 5.02 Å². The highest BCUT2D eigenvalue weighted by Gasteiger charge is 2.18. The average molecular weight is 473 g/mol. The van der Waals surface area contributed by atoms with E-state index in [1.807, 2.05) is 79.3 Å². The van der Waals surface area contributed by atoms with Gasteiger partial charge >= 0.3 is 0 Å². The first-order valence-corrected chi connectivity index (χ1v) is 11.0. The lowest BCUT2D eigenvalue weighted by molar-refractivity contribution is -0.105. The number of nitrogens with zero attached hydrogens (tertiary/aromatic N) is 4. The molecule has 0 saturated heterocycles. The number of aromatic nitrogens is 4. The molecule has 0 fully saturated rings. The zero-order valence-electron chi connectivity index (χ0n) is 18.5. The van der Waals surface area contributed by atoms with Crippen LogP contribution in [0.15, 0.2) is 67.0 Å². The molecule has 1 unspecified atom stereocenters. The standard InChI is InChI=1S/C25H21ClN6O2/c1-15(16-4-3-5-19(26)10-16)28-24(34)21-13-31(2)22-7-6-17(11-20(21)22)18-8-9-32-23(12-18)29-25(30-32)27-14-33/h3-15H,1-2H3,(H,28,34)(H,27,30,33). The van der Waals surface area contributed by atoms with E-state index in [4.69, 9.17) is 11.6 Å². The Kier molecular flexibility index (Phi) is 5.51. The summed E-state index contributed by atoms with van der Waals surface area (Å²) in [6.07, 6.45) is 4.16. The largest absolute Gasteiger partial charge is 0.350 e. The molecule has 0 aliphatic carbocycles. The Morgan fingerprint density at radius 1 is 1.12 bits per heavy atom. The normalized spacial score (nSPS) is 12.1. The van der Waals surface area contributed by atoms with E-state index in [0.717, 1.165) is 27.6 Å². The van der Waals surface area contributed by atoms with Gasteiger partial charge in [0.25, 0.3) is 5.91 Å². The van der Waals surface area contributed by atoms with Crippen molar-refractivity contribution in [2.45, 2.75) is 13.0 Å². The number of pyridine rings is 1. The summed E-state index contributed by atoms with van der Waals surface area (Å²) in [6.45, 7) is 1.93. The molecule has 0 aliphatic rings. The van der Waals surface area contributed by atoms with Crippen LogP contribution in [-0.2, 0) is 11.8 Å². The van der Waals surface area contributed by atoms with Gasteiger partial charge in [0.05, 0.1) is 11.6 Å². The Morgan fingerprint density at radius 3 is 2.74 bits per heavy atom. The summed E-state index contributed by atoms with van der Waals surface area (Å²) in [7, 11) is 1.92. The Morgan fingerprint density at radius 2 is 1.94 bits per heavy atom. The predicted molar refractivity (Wildman–Crippen MR) is 132 cm³/mol. The van der Waals surface area contributed by atoms with E-state index in [2.05, 4.69) is 20.7 Å². The van der Waals surface area contributed by atoms with Gasteiger partial charge in [-0.1, -0.05) is 29.8 Å². The number of rotatable bonds is 6. The lowest BCUT2D eigenvalue weighted by Crippen LogP contribution is -2.26. The van der Waals surface area contributed by atoms with Crippen LogP contribution in [0, 0.1) is 0 Å². The van der Waals surface area contributed by atoms with Crippen molar-refractivity contribution in [1.29, 1.82) is 0 Å². The number of anilines is 1. The van der Waals surface area contributed by atoms with Gasteiger partial charge in [-0.25, -0.2) is 4.52 Å². The number of amides is 2. The van der Waals surface area contributed by atoms with Crippen molar-refractivity contribution < 1.29 is 9.59 Å². The molecule has 3 aromatic heterocycles. The SMILES string of the molecule is CC(NC(=O)c1cn(C)c2ccc(-c3ccn4nc(NC=O)nc4c3)cc12)c1cccc(Cl)c1. The molecule has 8 nitrogen and oxygen atoms in total. The van der Waals surface area contributed by atoms with E-state index in [1.54, 1.807) is 10.7 Å². The molecule has 0 spiro atoms. The number of hydrogen-bond donors (Lipinski definition) is 2. The molecule has 0 bridgehead atoms. The van der Waals surface area contributed by atoms with E-state index in [1.165, 1.54) is 0 Å². The van der Waals surface area contributed by atoms with Crippen LogP contribution >= 0.6 is 11.6 Å². The van der Waals surface area contributed by atoms with Gasteiger partial charge in [0.2, 0.25) is 12.4 Å². The first kappa shape index (κ1) is 21.7. The molecule has 34 heavy (non-hydrogen) atoms. The highest BCUT2D eigenvalue weighted by molar-refractivity contribution is 6.30. The summed E-state index contributed by atoms with van der Waals surface area (Å²) >= 11 is 6.11. The Hall–Kier alpha value is -4.17. The molecule has 0 radical (unpaired) electrons. The first-order chi connectivity index (χ1) is 16.4. The second-order valence-electron chi connectivity index (χ2n) is 8.05. The minimum atomic E-state index is -0.200. The van der Waals surface area contributed by atoms with Crippen molar-refractivity contribution in [3.05, 3.63) is 83.1 Å². The van der Waals surface area contributed by atoms with Gasteiger partial charge in [-0.3, -0.25) is 14.9 Å². The first-order valence-electron chi connectivity index (χ1n) is 10.7. The van der Waals surface area contributed by atoms with Crippen LogP contribution < -0.4 is 10.6 Å². The summed E-state index contributed by atoms with van der Waals surface area (Å²) in [6, 6.07) is 17.1. The molecule has 9 heteroatoms. The molecular formula is C25H21ClN6O2. The molecule has 170 valence electrons. The minimum absolute atomic E-state index is 0.160. The fourth-order valence-corrected chi connectivity index (χ4v) is 4.26. The quantitative estimate of drug-likeness (QED) is 0.353. The number of halogens is 1. The van der Waals surface area contributed by atoms with Crippen molar-refractivity contribution in [3.8, 4) is 11.1 Å². The number of nitrogens with one attached hydrogen (secondary N) is 2. The molecular weight excluding hydrogens is 452 g/mol. The number of fused-ring (bicyclic) bond motifs is 2. The number of aryl methyl sites for hydroxylation is 1. The van der Waals surface area contributed by atoms with Gasteiger partial charge in [0.15, 0.2) is 5.65 Å². The summed E-state index contributed by atoms with van der Waals surface area (Å²) in [5.41, 5.74) is 4.93. The van der Waals surface area contributed by atoms with E-state index in [-0.39, 0.29) is 17.9 Å². The second-order valence-corrected chi connectivity index (χ2v) is 8.49. The van der Waals surface area contributed by atoms with E-state index in [0.29, 0.717) is 22.6 Å². The van der Waals surface area contributed by atoms with E-state index < -0.39 is 0 Å². The predicted octanol–water partition coefficient (Wildman–Crippen LogP) is 4.60. The second kappa shape index (κ2) is 8.64. The molecule has 0 saturated carbocycles. The van der Waals surface area contributed by atoms with Gasteiger partial charge in [0, 0.05) is 35.4 Å². The summed E-state index contributed by atoms with van der Waals surface area (Å²) in [5.74, 6) is 0.0751. The van der Waals surface area contributed by atoms with Crippen LogP contribution in [0.25, 0.3) is 27.7 Å². The van der Waals surface area contributed by atoms with Crippen molar-refractivity contribution in [3.63, 3.8) is 0 Å². The Bertz CT molecular complexity index is 1550. The Labute approximate surface area is 200 Å². The molecule has 3 heterocycles. The van der Waals surface area contributed by atoms with Crippen LogP contribution in [0.1, 0.15) is 28.9 Å². The molecule has 2 N–H and O–H groups in total.